The van der Waals surface area contributed by atoms with E-state index in [-0.39, 0.29) is 0 Å². The summed E-state index contributed by atoms with van der Waals surface area (Å²) in [5.74, 6) is 0. The van der Waals surface area contributed by atoms with Crippen LogP contribution in [0.1, 0.15) is 26.7 Å². The van der Waals surface area contributed by atoms with E-state index < -0.39 is 0 Å². The third-order valence-corrected chi connectivity index (χ3v) is 11.9. The molecule has 1 heterocycles. The van der Waals surface area contributed by atoms with Gasteiger partial charge in [-0.25, -0.2) is 0 Å². The maximum absolute atomic E-state index is 2.42. The molecular formula is C6H12Se2. The Morgan fingerprint density at radius 2 is 2.12 bits per heavy atom. The maximum atomic E-state index is 2.42. The summed E-state index contributed by atoms with van der Waals surface area (Å²) in [6, 6.07) is 0. The molecule has 48 valence electrons. The molecule has 0 unspecified atom stereocenters. The molecule has 0 amide bonds. The minimum absolute atomic E-state index is 0.769. The van der Waals surface area contributed by atoms with Gasteiger partial charge in [0.05, 0.1) is 0 Å². The van der Waals surface area contributed by atoms with Crippen LogP contribution in [-0.4, -0.2) is 26.3 Å². The van der Waals surface area contributed by atoms with Crippen LogP contribution in [-0.2, 0) is 0 Å². The number of hydrogen-bond donors (Lipinski definition) is 0. The van der Waals surface area contributed by atoms with Crippen molar-refractivity contribution in [3.63, 3.8) is 0 Å². The van der Waals surface area contributed by atoms with Crippen molar-refractivity contribution in [2.24, 2.45) is 0 Å². The van der Waals surface area contributed by atoms with E-state index in [1.807, 2.05) is 0 Å². The van der Waals surface area contributed by atoms with E-state index in [2.05, 4.69) is 13.8 Å². The second-order valence-corrected chi connectivity index (χ2v) is 11.2. The van der Waals surface area contributed by atoms with Gasteiger partial charge in [0.1, 0.15) is 0 Å². The van der Waals surface area contributed by atoms with Gasteiger partial charge in [-0.1, -0.05) is 0 Å². The summed E-state index contributed by atoms with van der Waals surface area (Å²) in [4.78, 5) is 0. The summed E-state index contributed by atoms with van der Waals surface area (Å²) >= 11 is 2.06. The molecule has 1 rings (SSSR count). The van der Waals surface area contributed by atoms with Gasteiger partial charge in [-0.05, 0) is 0 Å². The minimum atomic E-state index is 0.769. The van der Waals surface area contributed by atoms with Crippen LogP contribution < -0.4 is 0 Å². The molecule has 1 aliphatic rings. The average Bonchev–Trinajstić information content (AvgIpc) is 1.65. The van der Waals surface area contributed by atoms with Gasteiger partial charge in [-0.3, -0.25) is 0 Å². The van der Waals surface area contributed by atoms with E-state index >= 15 is 0 Å². The summed E-state index contributed by atoms with van der Waals surface area (Å²) in [5, 5.41) is 1.57. The van der Waals surface area contributed by atoms with Gasteiger partial charge in [0.2, 0.25) is 0 Å². The predicted octanol–water partition coefficient (Wildman–Crippen LogP) is 1.72. The third kappa shape index (κ3) is 2.11. The van der Waals surface area contributed by atoms with Crippen molar-refractivity contribution in [1.82, 2.24) is 0 Å². The molecule has 0 aromatic rings. The molecule has 1 aliphatic heterocycles. The normalized spacial score (nSPS) is 27.8. The van der Waals surface area contributed by atoms with Crippen molar-refractivity contribution in [1.29, 1.82) is 0 Å². The van der Waals surface area contributed by atoms with E-state index in [9.17, 15) is 0 Å². The Labute approximate surface area is 62.7 Å². The first kappa shape index (κ1) is 7.15. The first-order valence-electron chi connectivity index (χ1n) is 3.01. The monoisotopic (exact) mass is 244 g/mol. The van der Waals surface area contributed by atoms with Gasteiger partial charge in [-0.2, -0.15) is 0 Å². The summed E-state index contributed by atoms with van der Waals surface area (Å²) in [5.41, 5.74) is 0. The topological polar surface area (TPSA) is 0 Å². The van der Waals surface area contributed by atoms with Gasteiger partial charge in [0, 0.05) is 0 Å². The number of rotatable bonds is 0. The molecule has 0 saturated carbocycles. The van der Waals surface area contributed by atoms with Gasteiger partial charge in [0.15, 0.2) is 0 Å². The Bertz CT molecular complexity index is 70.6. The molecule has 0 aliphatic carbocycles. The third-order valence-electron chi connectivity index (χ3n) is 1.29. The van der Waals surface area contributed by atoms with Gasteiger partial charge in [-0.15, -0.1) is 0 Å². The van der Waals surface area contributed by atoms with Crippen molar-refractivity contribution < 1.29 is 0 Å². The van der Waals surface area contributed by atoms with Crippen LogP contribution in [0.5, 0.6) is 0 Å². The van der Waals surface area contributed by atoms with E-state index in [1.54, 1.807) is 5.32 Å². The van der Waals surface area contributed by atoms with Crippen LogP contribution in [0.3, 0.4) is 0 Å². The van der Waals surface area contributed by atoms with Gasteiger partial charge < -0.3 is 0 Å². The van der Waals surface area contributed by atoms with Crippen molar-refractivity contribution in [2.75, 3.05) is 0 Å². The molecule has 0 N–H and O–H groups in total. The summed E-state index contributed by atoms with van der Waals surface area (Å²) < 4.78 is 0.769. The van der Waals surface area contributed by atoms with Crippen molar-refractivity contribution in [3.8, 4) is 0 Å². The standard InChI is InChI=1S/C6H12Se2/c1-6(2)4-3-5-7-8-6/h3-5H2,1-2H3. The molecule has 0 radical (unpaired) electrons. The van der Waals surface area contributed by atoms with E-state index in [1.165, 1.54) is 12.8 Å². The fourth-order valence-electron chi connectivity index (χ4n) is 0.800. The van der Waals surface area contributed by atoms with Crippen LogP contribution in [0.25, 0.3) is 0 Å². The molecule has 0 aromatic heterocycles. The Balaban J connectivity index is 2.33. The second kappa shape index (κ2) is 2.75. The molecule has 0 nitrogen and oxygen atoms in total. The molecule has 8 heavy (non-hydrogen) atoms. The zero-order valence-electron chi connectivity index (χ0n) is 5.44. The van der Waals surface area contributed by atoms with Crippen molar-refractivity contribution >= 4 is 26.3 Å². The quantitative estimate of drug-likeness (QED) is 0.567. The Hall–Kier alpha value is 1.04. The molecule has 0 atom stereocenters. The Kier molecular flexibility index (Phi) is 2.46. The van der Waals surface area contributed by atoms with Crippen LogP contribution in [0.2, 0.25) is 9.63 Å². The zero-order valence-corrected chi connectivity index (χ0v) is 8.86. The molecule has 1 saturated heterocycles. The van der Waals surface area contributed by atoms with E-state index in [0.29, 0.717) is 0 Å². The molecule has 0 aromatic carbocycles. The first-order chi connectivity index (χ1) is 3.71. The Morgan fingerprint density at radius 3 is 2.38 bits per heavy atom. The Morgan fingerprint density at radius 1 is 1.38 bits per heavy atom. The van der Waals surface area contributed by atoms with Crippen LogP contribution in [0.4, 0.5) is 0 Å². The second-order valence-electron chi connectivity index (χ2n) is 2.77. The van der Waals surface area contributed by atoms with E-state index in [0.717, 1.165) is 30.6 Å². The summed E-state index contributed by atoms with van der Waals surface area (Å²) in [6.45, 7) is 4.85. The molecule has 0 bridgehead atoms. The fraction of sp³-hybridized carbons (Fsp3) is 1.00. The fourth-order valence-corrected chi connectivity index (χ4v) is 9.25. The molecule has 0 spiro atoms. The zero-order chi connectivity index (χ0) is 6.04. The molecular weight excluding hydrogens is 230 g/mol. The molecule has 2 heteroatoms. The SMILES string of the molecule is CC1(C)CCC[Se][Se]1. The van der Waals surface area contributed by atoms with Crippen molar-refractivity contribution in [3.05, 3.63) is 0 Å². The first-order valence-corrected chi connectivity index (χ1v) is 9.41. The van der Waals surface area contributed by atoms with E-state index in [4.69, 9.17) is 0 Å². The average molecular weight is 242 g/mol. The van der Waals surface area contributed by atoms with Gasteiger partial charge in [0.25, 0.3) is 0 Å². The van der Waals surface area contributed by atoms with Crippen LogP contribution in [0, 0.1) is 0 Å². The van der Waals surface area contributed by atoms with Crippen LogP contribution >= 0.6 is 0 Å². The number of hydrogen-bond acceptors (Lipinski definition) is 0. The van der Waals surface area contributed by atoms with Gasteiger partial charge >= 0.3 is 62.6 Å². The molecule has 1 fully saturated rings. The summed E-state index contributed by atoms with van der Waals surface area (Å²) in [7, 11) is 0. The van der Waals surface area contributed by atoms with Crippen molar-refractivity contribution in [2.45, 2.75) is 36.3 Å². The summed E-state index contributed by atoms with van der Waals surface area (Å²) in [6.07, 6.45) is 3.00. The predicted molar refractivity (Wildman–Crippen MR) is 39.6 cm³/mol. The van der Waals surface area contributed by atoms with Crippen LogP contribution in [0.15, 0.2) is 0 Å².